The van der Waals surface area contributed by atoms with Gasteiger partial charge in [0.1, 0.15) is 0 Å². The van der Waals surface area contributed by atoms with Crippen molar-refractivity contribution >= 4 is 24.2 Å². The van der Waals surface area contributed by atoms with E-state index in [0.29, 0.717) is 0 Å². The topological polar surface area (TPSA) is 0 Å². The van der Waals surface area contributed by atoms with Crippen LogP contribution in [0.25, 0.3) is 0 Å². The van der Waals surface area contributed by atoms with Gasteiger partial charge in [-0.1, -0.05) is 17.7 Å². The summed E-state index contributed by atoms with van der Waals surface area (Å²) in [5.74, 6) is -0.456. The average molecular weight is 163 g/mol. The number of halogens is 2. The third-order valence-corrected chi connectivity index (χ3v) is 1.57. The van der Waals surface area contributed by atoms with E-state index < -0.39 is 5.82 Å². The highest BCUT2D eigenvalue weighted by atomic mass is 35.5. The van der Waals surface area contributed by atoms with Gasteiger partial charge in [0.15, 0.2) is 5.82 Å². The van der Waals surface area contributed by atoms with E-state index in [2.05, 4.69) is 12.6 Å². The molecule has 0 aliphatic heterocycles. The quantitative estimate of drug-likeness (QED) is 0.558. The van der Waals surface area contributed by atoms with Crippen LogP contribution in [0.3, 0.4) is 0 Å². The molecule has 1 rings (SSSR count). The first-order valence-electron chi connectivity index (χ1n) is 2.35. The number of rotatable bonds is 0. The monoisotopic (exact) mass is 162 g/mol. The van der Waals surface area contributed by atoms with Crippen molar-refractivity contribution in [3.8, 4) is 0 Å². The van der Waals surface area contributed by atoms with Crippen LogP contribution < -0.4 is 0 Å². The van der Waals surface area contributed by atoms with E-state index in [1.54, 1.807) is 12.1 Å². The zero-order valence-electron chi connectivity index (χ0n) is 4.44. The van der Waals surface area contributed by atoms with Crippen LogP contribution in [0.5, 0.6) is 0 Å². The van der Waals surface area contributed by atoms with Crippen LogP contribution in [0.4, 0.5) is 4.39 Å². The van der Waals surface area contributed by atoms with E-state index in [-0.39, 0.29) is 9.92 Å². The van der Waals surface area contributed by atoms with E-state index in [0.717, 1.165) is 0 Å². The van der Waals surface area contributed by atoms with E-state index in [1.807, 2.05) is 0 Å². The zero-order chi connectivity index (χ0) is 6.85. The molecule has 1 aromatic rings. The summed E-state index contributed by atoms with van der Waals surface area (Å²) < 4.78 is 12.5. The maximum Gasteiger partial charge on any atom is 0.155 e. The van der Waals surface area contributed by atoms with Crippen molar-refractivity contribution in [2.75, 3.05) is 0 Å². The van der Waals surface area contributed by atoms with Crippen molar-refractivity contribution < 1.29 is 4.39 Å². The van der Waals surface area contributed by atoms with Gasteiger partial charge in [-0.2, -0.15) is 0 Å². The minimum atomic E-state index is -0.456. The van der Waals surface area contributed by atoms with Crippen molar-refractivity contribution in [2.45, 2.75) is 4.90 Å². The van der Waals surface area contributed by atoms with Gasteiger partial charge >= 0.3 is 0 Å². The van der Waals surface area contributed by atoms with Gasteiger partial charge in [0.25, 0.3) is 0 Å². The number of hydrogen-bond acceptors (Lipinski definition) is 1. The highest BCUT2D eigenvalue weighted by molar-refractivity contribution is 7.80. The Morgan fingerprint density at radius 2 is 2.11 bits per heavy atom. The van der Waals surface area contributed by atoms with Gasteiger partial charge in [0.05, 0.1) is 5.02 Å². The van der Waals surface area contributed by atoms with Gasteiger partial charge in [0, 0.05) is 4.90 Å². The first-order valence-corrected chi connectivity index (χ1v) is 3.17. The Balaban J connectivity index is 3.25. The van der Waals surface area contributed by atoms with E-state index in [1.165, 1.54) is 6.07 Å². The number of thiol groups is 1. The molecule has 48 valence electrons. The molecule has 0 N–H and O–H groups in total. The molecule has 9 heavy (non-hydrogen) atoms. The molecule has 0 nitrogen and oxygen atoms in total. The highest BCUT2D eigenvalue weighted by Gasteiger charge is 1.99. The molecule has 0 bridgehead atoms. The van der Waals surface area contributed by atoms with Gasteiger partial charge in [-0.3, -0.25) is 0 Å². The Kier molecular flexibility index (Phi) is 1.98. The Hall–Kier alpha value is -0.210. The lowest BCUT2D eigenvalue weighted by Gasteiger charge is -1.93. The summed E-state index contributed by atoms with van der Waals surface area (Å²) in [5, 5.41) is 0.113. The molecule has 0 fully saturated rings. The molecule has 0 amide bonds. The molecule has 0 aliphatic rings. The van der Waals surface area contributed by atoms with Crippen LogP contribution in [-0.2, 0) is 0 Å². The van der Waals surface area contributed by atoms with Gasteiger partial charge < -0.3 is 0 Å². The molecule has 0 saturated carbocycles. The zero-order valence-corrected chi connectivity index (χ0v) is 6.09. The first kappa shape index (κ1) is 6.90. The molecule has 3 heteroatoms. The van der Waals surface area contributed by atoms with Crippen LogP contribution in [0.15, 0.2) is 23.1 Å². The van der Waals surface area contributed by atoms with E-state index >= 15 is 0 Å². The third kappa shape index (κ3) is 1.37. The average Bonchev–Trinajstić information content (AvgIpc) is 1.83. The lowest BCUT2D eigenvalue weighted by molar-refractivity contribution is 0.603. The van der Waals surface area contributed by atoms with Gasteiger partial charge in [-0.15, -0.1) is 12.6 Å². The van der Waals surface area contributed by atoms with Gasteiger partial charge in [0.2, 0.25) is 0 Å². The maximum absolute atomic E-state index is 12.5. The SMILES string of the molecule is Fc1c(S)cccc1Cl. The fourth-order valence-corrected chi connectivity index (χ4v) is 0.939. The second-order valence-corrected chi connectivity index (χ2v) is 2.46. The smallest absolute Gasteiger partial charge is 0.155 e. The molecule has 1 aromatic carbocycles. The summed E-state index contributed by atoms with van der Waals surface area (Å²) in [6, 6.07) is 4.68. The summed E-state index contributed by atoms with van der Waals surface area (Å²) in [4.78, 5) is 0.280. The van der Waals surface area contributed by atoms with Crippen LogP contribution in [0, 0.1) is 5.82 Å². The summed E-state index contributed by atoms with van der Waals surface area (Å²) in [5.41, 5.74) is 0. The molecule has 0 spiro atoms. The molecular weight excluding hydrogens is 159 g/mol. The lowest BCUT2D eigenvalue weighted by atomic mass is 10.3. The lowest BCUT2D eigenvalue weighted by Crippen LogP contribution is -1.76. The first-order chi connectivity index (χ1) is 4.22. The third-order valence-electron chi connectivity index (χ3n) is 0.931. The maximum atomic E-state index is 12.5. The number of hydrogen-bond donors (Lipinski definition) is 1. The Labute approximate surface area is 63.1 Å². The molecule has 0 heterocycles. The van der Waals surface area contributed by atoms with Crippen LogP contribution >= 0.6 is 24.2 Å². The molecule has 0 saturated heterocycles. The summed E-state index contributed by atoms with van der Waals surface area (Å²) in [7, 11) is 0. The fraction of sp³-hybridized carbons (Fsp3) is 0. The van der Waals surface area contributed by atoms with Crippen molar-refractivity contribution in [3.63, 3.8) is 0 Å². The molecule has 0 radical (unpaired) electrons. The van der Waals surface area contributed by atoms with E-state index in [4.69, 9.17) is 11.6 Å². The fourth-order valence-electron chi connectivity index (χ4n) is 0.492. The van der Waals surface area contributed by atoms with Gasteiger partial charge in [-0.25, -0.2) is 4.39 Å². The molecule has 0 aromatic heterocycles. The second kappa shape index (κ2) is 2.58. The predicted molar refractivity (Wildman–Crippen MR) is 38.7 cm³/mol. The molecular formula is C6H4ClFS. The highest BCUT2D eigenvalue weighted by Crippen LogP contribution is 2.19. The molecule has 0 unspecified atom stereocenters. The standard InChI is InChI=1S/C6H4ClFS/c7-4-2-1-3-5(9)6(4)8/h1-3,9H. The minimum Gasteiger partial charge on any atom is -0.204 e. The normalized spacial score (nSPS) is 9.67. The van der Waals surface area contributed by atoms with Crippen LogP contribution in [0.2, 0.25) is 5.02 Å². The van der Waals surface area contributed by atoms with Crippen molar-refractivity contribution in [3.05, 3.63) is 29.0 Å². The predicted octanol–water partition coefficient (Wildman–Crippen LogP) is 2.77. The Morgan fingerprint density at radius 3 is 2.56 bits per heavy atom. The minimum absolute atomic E-state index is 0.113. The Morgan fingerprint density at radius 1 is 1.44 bits per heavy atom. The van der Waals surface area contributed by atoms with Crippen molar-refractivity contribution in [1.29, 1.82) is 0 Å². The summed E-state index contributed by atoms with van der Waals surface area (Å²) in [6.45, 7) is 0. The van der Waals surface area contributed by atoms with Gasteiger partial charge in [-0.05, 0) is 12.1 Å². The number of benzene rings is 1. The Bertz CT molecular complexity index is 204. The van der Waals surface area contributed by atoms with Crippen LogP contribution in [-0.4, -0.2) is 0 Å². The van der Waals surface area contributed by atoms with Crippen molar-refractivity contribution in [1.82, 2.24) is 0 Å². The molecule has 0 atom stereocenters. The largest absolute Gasteiger partial charge is 0.204 e. The summed E-state index contributed by atoms with van der Waals surface area (Å²) in [6.07, 6.45) is 0. The van der Waals surface area contributed by atoms with Crippen LogP contribution in [0.1, 0.15) is 0 Å². The van der Waals surface area contributed by atoms with E-state index in [9.17, 15) is 4.39 Å². The summed E-state index contributed by atoms with van der Waals surface area (Å²) >= 11 is 9.20. The second-order valence-electron chi connectivity index (χ2n) is 1.57. The molecule has 0 aliphatic carbocycles. The van der Waals surface area contributed by atoms with Crippen molar-refractivity contribution in [2.24, 2.45) is 0 Å².